The van der Waals surface area contributed by atoms with Crippen molar-refractivity contribution in [2.75, 3.05) is 0 Å². The van der Waals surface area contributed by atoms with E-state index in [0.717, 1.165) is 5.56 Å². The molecule has 0 saturated heterocycles. The zero-order chi connectivity index (χ0) is 12.1. The van der Waals surface area contributed by atoms with Gasteiger partial charge in [-0.2, -0.15) is 5.26 Å². The maximum absolute atomic E-state index is 10.7. The van der Waals surface area contributed by atoms with Crippen molar-refractivity contribution in [2.24, 2.45) is 0 Å². The Hall–Kier alpha value is -1.86. The Kier molecular flexibility index (Phi) is 4.03. The smallest absolute Gasteiger partial charge is 0.320 e. The zero-order valence-electron chi connectivity index (χ0n) is 9.27. The lowest BCUT2D eigenvalue weighted by atomic mass is 10.1. The Bertz CT molecular complexity index is 406. The molecule has 1 aromatic carbocycles. The molecule has 2 atom stereocenters. The van der Waals surface area contributed by atoms with Crippen molar-refractivity contribution >= 4 is 5.97 Å². The Balaban J connectivity index is 2.70. The number of benzene rings is 1. The quantitative estimate of drug-likeness (QED) is 0.806. The van der Waals surface area contributed by atoms with E-state index in [1.165, 1.54) is 0 Å². The normalized spacial score (nSPS) is 13.8. The predicted octanol–water partition coefficient (Wildman–Crippen LogP) is 1.68. The van der Waals surface area contributed by atoms with Gasteiger partial charge in [-0.15, -0.1) is 0 Å². The van der Waals surface area contributed by atoms with Crippen LogP contribution in [-0.4, -0.2) is 17.1 Å². The van der Waals surface area contributed by atoms with Crippen molar-refractivity contribution in [1.82, 2.24) is 5.32 Å². The van der Waals surface area contributed by atoms with Crippen LogP contribution in [-0.2, 0) is 4.79 Å². The van der Waals surface area contributed by atoms with E-state index >= 15 is 0 Å². The van der Waals surface area contributed by atoms with Gasteiger partial charge in [0.25, 0.3) is 0 Å². The van der Waals surface area contributed by atoms with Gasteiger partial charge >= 0.3 is 5.97 Å². The number of aliphatic carboxylic acids is 1. The molecular formula is C12H14N2O2. The highest BCUT2D eigenvalue weighted by atomic mass is 16.4. The average molecular weight is 218 g/mol. The van der Waals surface area contributed by atoms with Gasteiger partial charge in [0.1, 0.15) is 6.04 Å². The molecule has 4 heteroatoms. The van der Waals surface area contributed by atoms with Crippen LogP contribution in [0, 0.1) is 11.3 Å². The summed E-state index contributed by atoms with van der Waals surface area (Å²) >= 11 is 0. The summed E-state index contributed by atoms with van der Waals surface area (Å²) in [5.41, 5.74) is 1.56. The fourth-order valence-corrected chi connectivity index (χ4v) is 1.39. The van der Waals surface area contributed by atoms with Gasteiger partial charge in [-0.3, -0.25) is 10.1 Å². The van der Waals surface area contributed by atoms with E-state index in [-0.39, 0.29) is 6.04 Å². The van der Waals surface area contributed by atoms with Crippen molar-refractivity contribution in [1.29, 1.82) is 5.26 Å². The highest BCUT2D eigenvalue weighted by molar-refractivity contribution is 5.72. The second-order valence-electron chi connectivity index (χ2n) is 3.68. The van der Waals surface area contributed by atoms with Crippen LogP contribution in [0.2, 0.25) is 0 Å². The third kappa shape index (κ3) is 3.07. The van der Waals surface area contributed by atoms with Crippen LogP contribution < -0.4 is 5.32 Å². The lowest BCUT2D eigenvalue weighted by molar-refractivity contribution is -0.139. The molecule has 16 heavy (non-hydrogen) atoms. The Labute approximate surface area is 94.5 Å². The van der Waals surface area contributed by atoms with E-state index in [4.69, 9.17) is 10.4 Å². The molecule has 0 saturated carbocycles. The summed E-state index contributed by atoms with van der Waals surface area (Å²) in [7, 11) is 0. The summed E-state index contributed by atoms with van der Waals surface area (Å²) in [6, 6.07) is 8.48. The molecule has 0 radical (unpaired) electrons. The Morgan fingerprint density at radius 2 is 1.94 bits per heavy atom. The number of carbonyl (C=O) groups is 1. The molecule has 1 rings (SSSR count). The number of carboxylic acids is 1. The topological polar surface area (TPSA) is 73.1 Å². The molecule has 0 bridgehead atoms. The highest BCUT2D eigenvalue weighted by Crippen LogP contribution is 2.13. The number of rotatable bonds is 4. The van der Waals surface area contributed by atoms with E-state index in [0.29, 0.717) is 5.56 Å². The van der Waals surface area contributed by atoms with Gasteiger partial charge in [0.05, 0.1) is 11.6 Å². The van der Waals surface area contributed by atoms with Gasteiger partial charge in [0, 0.05) is 6.04 Å². The lowest BCUT2D eigenvalue weighted by Crippen LogP contribution is -2.35. The van der Waals surface area contributed by atoms with Crippen molar-refractivity contribution in [2.45, 2.75) is 25.9 Å². The van der Waals surface area contributed by atoms with E-state index in [1.807, 2.05) is 25.1 Å². The van der Waals surface area contributed by atoms with Crippen LogP contribution in [0.3, 0.4) is 0 Å². The van der Waals surface area contributed by atoms with Crippen molar-refractivity contribution < 1.29 is 9.90 Å². The summed E-state index contributed by atoms with van der Waals surface area (Å²) in [5.74, 6) is -0.875. The van der Waals surface area contributed by atoms with Crippen LogP contribution in [0.4, 0.5) is 0 Å². The molecule has 0 aliphatic heterocycles. The minimum Gasteiger partial charge on any atom is -0.480 e. The SMILES string of the molecule is CC(NC(C)c1ccc(C#N)cc1)C(=O)O. The van der Waals surface area contributed by atoms with E-state index in [9.17, 15) is 4.79 Å². The fourth-order valence-electron chi connectivity index (χ4n) is 1.39. The summed E-state index contributed by atoms with van der Waals surface area (Å²) in [5, 5.41) is 20.3. The van der Waals surface area contributed by atoms with Gasteiger partial charge in [0.2, 0.25) is 0 Å². The van der Waals surface area contributed by atoms with Crippen molar-refractivity contribution in [3.05, 3.63) is 35.4 Å². The van der Waals surface area contributed by atoms with Crippen molar-refractivity contribution in [3.8, 4) is 6.07 Å². The molecule has 0 amide bonds. The first-order valence-corrected chi connectivity index (χ1v) is 5.03. The molecule has 1 aromatic rings. The van der Waals surface area contributed by atoms with Crippen molar-refractivity contribution in [3.63, 3.8) is 0 Å². The molecule has 84 valence electrons. The van der Waals surface area contributed by atoms with Gasteiger partial charge in [-0.25, -0.2) is 0 Å². The number of nitrogens with zero attached hydrogens (tertiary/aromatic N) is 1. The second-order valence-corrected chi connectivity index (χ2v) is 3.68. The molecule has 0 aromatic heterocycles. The van der Waals surface area contributed by atoms with E-state index in [2.05, 4.69) is 5.32 Å². The standard InChI is InChI=1S/C12H14N2O2/c1-8(14-9(2)12(15)16)11-5-3-10(7-13)4-6-11/h3-6,8-9,14H,1-2H3,(H,15,16). The number of nitriles is 1. The minimum atomic E-state index is -0.875. The van der Waals surface area contributed by atoms with Gasteiger partial charge in [-0.1, -0.05) is 12.1 Å². The summed E-state index contributed by atoms with van der Waals surface area (Å²) in [6.45, 7) is 3.49. The third-order valence-corrected chi connectivity index (χ3v) is 2.41. The maximum atomic E-state index is 10.7. The monoisotopic (exact) mass is 218 g/mol. The third-order valence-electron chi connectivity index (χ3n) is 2.41. The number of hydrogen-bond acceptors (Lipinski definition) is 3. The summed E-state index contributed by atoms with van der Waals surface area (Å²) in [6.07, 6.45) is 0. The lowest BCUT2D eigenvalue weighted by Gasteiger charge is -2.17. The van der Waals surface area contributed by atoms with Crippen LogP contribution in [0.25, 0.3) is 0 Å². The summed E-state index contributed by atoms with van der Waals surface area (Å²) in [4.78, 5) is 10.7. The van der Waals surface area contributed by atoms with E-state index in [1.54, 1.807) is 19.1 Å². The van der Waals surface area contributed by atoms with Crippen LogP contribution in [0.15, 0.2) is 24.3 Å². The molecule has 0 aliphatic rings. The molecular weight excluding hydrogens is 204 g/mol. The molecule has 0 spiro atoms. The van der Waals surface area contributed by atoms with Gasteiger partial charge in [-0.05, 0) is 31.5 Å². The predicted molar refractivity (Wildman–Crippen MR) is 59.8 cm³/mol. The Morgan fingerprint density at radius 1 is 1.38 bits per heavy atom. The second kappa shape index (κ2) is 5.29. The first kappa shape index (κ1) is 12.2. The van der Waals surface area contributed by atoms with Gasteiger partial charge in [0.15, 0.2) is 0 Å². The number of hydrogen-bond donors (Lipinski definition) is 2. The number of nitrogens with one attached hydrogen (secondary N) is 1. The largest absolute Gasteiger partial charge is 0.480 e. The molecule has 4 nitrogen and oxygen atoms in total. The number of carboxylic acid groups (broad SMARTS) is 1. The minimum absolute atomic E-state index is 0.0566. The van der Waals surface area contributed by atoms with Gasteiger partial charge < -0.3 is 5.11 Å². The first-order valence-electron chi connectivity index (χ1n) is 5.03. The van der Waals surface area contributed by atoms with Crippen LogP contribution in [0.1, 0.15) is 31.0 Å². The molecule has 2 unspecified atom stereocenters. The highest BCUT2D eigenvalue weighted by Gasteiger charge is 2.14. The molecule has 2 N–H and O–H groups in total. The molecule has 0 aliphatic carbocycles. The fraction of sp³-hybridized carbons (Fsp3) is 0.333. The zero-order valence-corrected chi connectivity index (χ0v) is 9.27. The maximum Gasteiger partial charge on any atom is 0.320 e. The van der Waals surface area contributed by atoms with E-state index < -0.39 is 12.0 Å². The molecule has 0 heterocycles. The Morgan fingerprint density at radius 3 is 2.38 bits per heavy atom. The van der Waals surface area contributed by atoms with Crippen LogP contribution in [0.5, 0.6) is 0 Å². The molecule has 0 fully saturated rings. The first-order chi connectivity index (χ1) is 7.54. The average Bonchev–Trinajstić information content (AvgIpc) is 2.28. The van der Waals surface area contributed by atoms with Crippen LogP contribution >= 0.6 is 0 Å². The summed E-state index contributed by atoms with van der Waals surface area (Å²) < 4.78 is 0.